The SMILES string of the molecule is COc1cccc(C(=O)N2CCCC2C(=O)Nc2nnc(-c3cccc(Br)c3)s2)c1. The molecule has 2 aromatic carbocycles. The smallest absolute Gasteiger partial charge is 0.254 e. The molecule has 0 radical (unpaired) electrons. The number of ether oxygens (including phenoxy) is 1. The van der Waals surface area contributed by atoms with Crippen LogP contribution < -0.4 is 10.1 Å². The summed E-state index contributed by atoms with van der Waals surface area (Å²) < 4.78 is 6.14. The zero-order chi connectivity index (χ0) is 21.1. The van der Waals surface area contributed by atoms with Gasteiger partial charge in [-0.15, -0.1) is 10.2 Å². The van der Waals surface area contributed by atoms with Gasteiger partial charge in [-0.2, -0.15) is 0 Å². The molecule has 30 heavy (non-hydrogen) atoms. The number of anilines is 1. The van der Waals surface area contributed by atoms with Crippen LogP contribution >= 0.6 is 27.3 Å². The second-order valence-electron chi connectivity index (χ2n) is 6.80. The van der Waals surface area contributed by atoms with Crippen molar-refractivity contribution in [2.24, 2.45) is 0 Å². The van der Waals surface area contributed by atoms with Crippen LogP contribution in [0.25, 0.3) is 10.6 Å². The van der Waals surface area contributed by atoms with Crippen LogP contribution in [0.5, 0.6) is 5.75 Å². The largest absolute Gasteiger partial charge is 0.497 e. The van der Waals surface area contributed by atoms with E-state index in [1.807, 2.05) is 24.3 Å². The Kier molecular flexibility index (Phi) is 6.10. The van der Waals surface area contributed by atoms with Gasteiger partial charge in [0.15, 0.2) is 0 Å². The highest BCUT2D eigenvalue weighted by Crippen LogP contribution is 2.29. The monoisotopic (exact) mass is 486 g/mol. The van der Waals surface area contributed by atoms with E-state index in [0.29, 0.717) is 34.4 Å². The number of hydrogen-bond donors (Lipinski definition) is 1. The molecule has 0 aliphatic carbocycles. The molecule has 1 saturated heterocycles. The van der Waals surface area contributed by atoms with Gasteiger partial charge in [0.2, 0.25) is 11.0 Å². The van der Waals surface area contributed by atoms with Crippen LogP contribution in [-0.2, 0) is 4.79 Å². The second kappa shape index (κ2) is 8.93. The standard InChI is InChI=1S/C21H19BrN4O3S/c1-29-16-8-3-6-14(12-16)20(28)26-10-4-9-17(26)18(27)23-21-25-24-19(30-21)13-5-2-7-15(22)11-13/h2-3,5-8,11-12,17H,4,9-10H2,1H3,(H,23,25,27). The molecule has 1 atom stereocenters. The number of amides is 2. The van der Waals surface area contributed by atoms with Crippen LogP contribution in [0, 0.1) is 0 Å². The lowest BCUT2D eigenvalue weighted by Gasteiger charge is -2.23. The van der Waals surface area contributed by atoms with E-state index < -0.39 is 6.04 Å². The van der Waals surface area contributed by atoms with Gasteiger partial charge in [0, 0.05) is 22.1 Å². The Morgan fingerprint density at radius 2 is 2.03 bits per heavy atom. The molecule has 1 aromatic heterocycles. The Hall–Kier alpha value is -2.78. The van der Waals surface area contributed by atoms with E-state index >= 15 is 0 Å². The molecule has 154 valence electrons. The third-order valence-electron chi connectivity index (χ3n) is 4.86. The van der Waals surface area contributed by atoms with Crippen molar-refractivity contribution < 1.29 is 14.3 Å². The van der Waals surface area contributed by atoms with E-state index in [9.17, 15) is 9.59 Å². The van der Waals surface area contributed by atoms with Gasteiger partial charge in [0.1, 0.15) is 16.8 Å². The van der Waals surface area contributed by atoms with Crippen molar-refractivity contribution in [2.45, 2.75) is 18.9 Å². The molecular formula is C21H19BrN4O3S. The summed E-state index contributed by atoms with van der Waals surface area (Å²) in [5.41, 5.74) is 1.42. The average Bonchev–Trinajstić information content (AvgIpc) is 3.43. The molecule has 1 fully saturated rings. The summed E-state index contributed by atoms with van der Waals surface area (Å²) in [4.78, 5) is 27.5. The molecule has 2 heterocycles. The fourth-order valence-corrected chi connectivity index (χ4v) is 4.55. The fourth-order valence-electron chi connectivity index (χ4n) is 3.40. The van der Waals surface area contributed by atoms with Crippen molar-refractivity contribution in [2.75, 3.05) is 19.0 Å². The van der Waals surface area contributed by atoms with Crippen molar-refractivity contribution in [3.05, 3.63) is 58.6 Å². The number of nitrogens with one attached hydrogen (secondary N) is 1. The minimum Gasteiger partial charge on any atom is -0.497 e. The first-order valence-electron chi connectivity index (χ1n) is 9.40. The summed E-state index contributed by atoms with van der Waals surface area (Å²) >= 11 is 4.74. The van der Waals surface area contributed by atoms with E-state index in [2.05, 4.69) is 31.4 Å². The van der Waals surface area contributed by atoms with E-state index in [-0.39, 0.29) is 11.8 Å². The predicted molar refractivity (Wildman–Crippen MR) is 119 cm³/mol. The summed E-state index contributed by atoms with van der Waals surface area (Å²) in [6.07, 6.45) is 1.38. The molecule has 9 heteroatoms. The van der Waals surface area contributed by atoms with Crippen molar-refractivity contribution in [3.8, 4) is 16.3 Å². The van der Waals surface area contributed by atoms with E-state index in [1.165, 1.54) is 11.3 Å². The highest BCUT2D eigenvalue weighted by atomic mass is 79.9. The normalized spacial score (nSPS) is 15.8. The van der Waals surface area contributed by atoms with Gasteiger partial charge in [0.05, 0.1) is 7.11 Å². The second-order valence-corrected chi connectivity index (χ2v) is 8.69. The minimum atomic E-state index is -0.540. The van der Waals surface area contributed by atoms with Crippen LogP contribution in [0.3, 0.4) is 0 Å². The number of methoxy groups -OCH3 is 1. The maximum absolute atomic E-state index is 13.0. The van der Waals surface area contributed by atoms with Gasteiger partial charge >= 0.3 is 0 Å². The molecule has 4 rings (SSSR count). The first kappa shape index (κ1) is 20.5. The lowest BCUT2D eigenvalue weighted by molar-refractivity contribution is -0.119. The first-order valence-corrected chi connectivity index (χ1v) is 11.0. The van der Waals surface area contributed by atoms with E-state index in [0.717, 1.165) is 16.5 Å². The fraction of sp³-hybridized carbons (Fsp3) is 0.238. The summed E-state index contributed by atoms with van der Waals surface area (Å²) in [7, 11) is 1.56. The molecule has 1 N–H and O–H groups in total. The molecule has 1 aliphatic rings. The summed E-state index contributed by atoms with van der Waals surface area (Å²) in [6.45, 7) is 0.535. The predicted octanol–water partition coefficient (Wildman–Crippen LogP) is 4.22. The van der Waals surface area contributed by atoms with Crippen LogP contribution in [0.2, 0.25) is 0 Å². The summed E-state index contributed by atoms with van der Waals surface area (Å²) in [5.74, 6) is 0.175. The topological polar surface area (TPSA) is 84.4 Å². The molecule has 3 aromatic rings. The van der Waals surface area contributed by atoms with Crippen LogP contribution in [0.15, 0.2) is 53.0 Å². The number of nitrogens with zero attached hydrogens (tertiary/aromatic N) is 3. The Morgan fingerprint density at radius 3 is 2.83 bits per heavy atom. The van der Waals surface area contributed by atoms with Gasteiger partial charge in [-0.05, 0) is 43.2 Å². The number of halogens is 1. The maximum Gasteiger partial charge on any atom is 0.254 e. The molecule has 0 bridgehead atoms. The van der Waals surface area contributed by atoms with Crippen molar-refractivity contribution in [1.29, 1.82) is 0 Å². The molecular weight excluding hydrogens is 468 g/mol. The first-order chi connectivity index (χ1) is 14.5. The number of aromatic nitrogens is 2. The lowest BCUT2D eigenvalue weighted by atomic mass is 10.1. The number of rotatable bonds is 5. The average molecular weight is 487 g/mol. The molecule has 2 amide bonds. The zero-order valence-corrected chi connectivity index (χ0v) is 18.6. The van der Waals surface area contributed by atoms with Crippen LogP contribution in [0.4, 0.5) is 5.13 Å². The van der Waals surface area contributed by atoms with Gasteiger partial charge in [-0.1, -0.05) is 45.5 Å². The highest BCUT2D eigenvalue weighted by molar-refractivity contribution is 9.10. The Bertz CT molecular complexity index is 1090. The lowest BCUT2D eigenvalue weighted by Crippen LogP contribution is -2.43. The quantitative estimate of drug-likeness (QED) is 0.583. The highest BCUT2D eigenvalue weighted by Gasteiger charge is 2.35. The Balaban J connectivity index is 1.47. The number of hydrogen-bond acceptors (Lipinski definition) is 6. The van der Waals surface area contributed by atoms with Crippen molar-refractivity contribution >= 4 is 44.2 Å². The van der Waals surface area contributed by atoms with Crippen molar-refractivity contribution in [3.63, 3.8) is 0 Å². The third kappa shape index (κ3) is 4.36. The zero-order valence-electron chi connectivity index (χ0n) is 16.2. The molecule has 7 nitrogen and oxygen atoms in total. The maximum atomic E-state index is 13.0. The Morgan fingerprint density at radius 1 is 1.20 bits per heavy atom. The molecule has 0 spiro atoms. The third-order valence-corrected chi connectivity index (χ3v) is 6.24. The summed E-state index contributed by atoms with van der Waals surface area (Å²) in [6, 6.07) is 14.1. The van der Waals surface area contributed by atoms with Crippen LogP contribution in [-0.4, -0.2) is 46.6 Å². The number of carbonyl (C=O) groups is 2. The van der Waals surface area contributed by atoms with Gasteiger partial charge in [-0.25, -0.2) is 0 Å². The number of benzene rings is 2. The van der Waals surface area contributed by atoms with Crippen molar-refractivity contribution in [1.82, 2.24) is 15.1 Å². The van der Waals surface area contributed by atoms with Gasteiger partial charge in [-0.3, -0.25) is 14.9 Å². The molecule has 1 aliphatic heterocycles. The number of carbonyl (C=O) groups excluding carboxylic acids is 2. The summed E-state index contributed by atoms with van der Waals surface area (Å²) in [5, 5.41) is 12.2. The Labute approximate surface area is 186 Å². The molecule has 1 unspecified atom stereocenters. The molecule has 0 saturated carbocycles. The number of likely N-dealkylation sites (tertiary alicyclic amines) is 1. The van der Waals surface area contributed by atoms with Crippen LogP contribution in [0.1, 0.15) is 23.2 Å². The van der Waals surface area contributed by atoms with E-state index in [4.69, 9.17) is 4.74 Å². The van der Waals surface area contributed by atoms with Gasteiger partial charge in [0.25, 0.3) is 5.91 Å². The van der Waals surface area contributed by atoms with E-state index in [1.54, 1.807) is 36.3 Å². The van der Waals surface area contributed by atoms with Gasteiger partial charge < -0.3 is 9.64 Å². The minimum absolute atomic E-state index is 0.182.